The van der Waals surface area contributed by atoms with Crippen molar-refractivity contribution in [3.63, 3.8) is 0 Å². The van der Waals surface area contributed by atoms with Crippen molar-refractivity contribution in [3.8, 4) is 11.5 Å². The summed E-state index contributed by atoms with van der Waals surface area (Å²) in [4.78, 5) is 11.2. The number of rotatable bonds is 5. The molecule has 0 saturated heterocycles. The number of ether oxygens (including phenoxy) is 2. The SMILES string of the molecule is CCOC(=O)C(F)[C@H](N)c1ccc(O)c(OC)c1.Cl. The second-order valence-corrected chi connectivity index (χ2v) is 3.61. The van der Waals surface area contributed by atoms with Gasteiger partial charge in [-0.15, -0.1) is 12.4 Å². The van der Waals surface area contributed by atoms with Crippen LogP contribution in [0.3, 0.4) is 0 Å². The summed E-state index contributed by atoms with van der Waals surface area (Å²) in [5.41, 5.74) is 5.97. The highest BCUT2D eigenvalue weighted by atomic mass is 35.5. The molecule has 1 aromatic rings. The zero-order valence-electron chi connectivity index (χ0n) is 10.6. The van der Waals surface area contributed by atoms with Crippen molar-refractivity contribution in [1.29, 1.82) is 0 Å². The molecule has 0 aliphatic carbocycles. The van der Waals surface area contributed by atoms with Crippen molar-refractivity contribution in [2.45, 2.75) is 19.1 Å². The summed E-state index contributed by atoms with van der Waals surface area (Å²) in [6, 6.07) is 2.96. The summed E-state index contributed by atoms with van der Waals surface area (Å²) in [5, 5.41) is 9.40. The summed E-state index contributed by atoms with van der Waals surface area (Å²) >= 11 is 0. The molecule has 0 aliphatic heterocycles. The number of halogens is 2. The van der Waals surface area contributed by atoms with E-state index in [0.717, 1.165) is 0 Å². The molecule has 19 heavy (non-hydrogen) atoms. The van der Waals surface area contributed by atoms with Gasteiger partial charge < -0.3 is 20.3 Å². The molecular formula is C12H17ClFNO4. The van der Waals surface area contributed by atoms with Crippen LogP contribution in [0.2, 0.25) is 0 Å². The number of esters is 1. The first-order chi connectivity index (χ1) is 8.51. The maximum atomic E-state index is 13.7. The number of nitrogens with two attached hydrogens (primary N) is 1. The van der Waals surface area contributed by atoms with Gasteiger partial charge in [0, 0.05) is 0 Å². The molecule has 0 aliphatic rings. The molecule has 0 bridgehead atoms. The molecule has 1 unspecified atom stereocenters. The second-order valence-electron chi connectivity index (χ2n) is 3.61. The van der Waals surface area contributed by atoms with E-state index in [1.54, 1.807) is 6.92 Å². The average molecular weight is 294 g/mol. The fourth-order valence-corrected chi connectivity index (χ4v) is 1.44. The van der Waals surface area contributed by atoms with Crippen molar-refractivity contribution in [1.82, 2.24) is 0 Å². The summed E-state index contributed by atoms with van der Waals surface area (Å²) in [6.07, 6.45) is -1.96. The standard InChI is InChI=1S/C12H16FNO4.ClH/c1-3-18-12(16)10(13)11(14)7-4-5-8(15)9(6-7)17-2;/h4-6,10-11,15H,3,14H2,1-2H3;1H/t10?,11-;/m1./s1. The van der Waals surface area contributed by atoms with E-state index >= 15 is 0 Å². The fourth-order valence-electron chi connectivity index (χ4n) is 1.44. The van der Waals surface area contributed by atoms with Gasteiger partial charge in [0.05, 0.1) is 19.8 Å². The van der Waals surface area contributed by atoms with E-state index in [1.807, 2.05) is 0 Å². The third kappa shape index (κ3) is 4.25. The minimum absolute atomic E-state index is 0. The molecule has 108 valence electrons. The molecule has 0 spiro atoms. The molecule has 1 rings (SSSR count). The molecule has 0 radical (unpaired) electrons. The molecule has 7 heteroatoms. The van der Waals surface area contributed by atoms with Gasteiger partial charge in [0.25, 0.3) is 0 Å². The minimum atomic E-state index is -1.96. The molecule has 1 aromatic carbocycles. The van der Waals surface area contributed by atoms with E-state index in [4.69, 9.17) is 10.5 Å². The van der Waals surface area contributed by atoms with Gasteiger partial charge in [-0.2, -0.15) is 0 Å². The lowest BCUT2D eigenvalue weighted by Gasteiger charge is -2.16. The predicted octanol–water partition coefficient (Wildman–Crippen LogP) is 1.72. The van der Waals surface area contributed by atoms with Gasteiger partial charge >= 0.3 is 5.97 Å². The number of benzene rings is 1. The Morgan fingerprint density at radius 3 is 2.68 bits per heavy atom. The number of hydrogen-bond donors (Lipinski definition) is 2. The molecule has 3 N–H and O–H groups in total. The predicted molar refractivity (Wildman–Crippen MR) is 70.4 cm³/mol. The molecule has 0 saturated carbocycles. The quantitative estimate of drug-likeness (QED) is 0.808. The number of methoxy groups -OCH3 is 1. The van der Waals surface area contributed by atoms with Gasteiger partial charge in [-0.25, -0.2) is 9.18 Å². The van der Waals surface area contributed by atoms with Crippen molar-refractivity contribution in [2.75, 3.05) is 13.7 Å². The van der Waals surface area contributed by atoms with Crippen LogP contribution in [0, 0.1) is 0 Å². The third-order valence-corrected chi connectivity index (χ3v) is 2.42. The van der Waals surface area contributed by atoms with E-state index in [2.05, 4.69) is 4.74 Å². The monoisotopic (exact) mass is 293 g/mol. The maximum absolute atomic E-state index is 13.7. The number of alkyl halides is 1. The third-order valence-electron chi connectivity index (χ3n) is 2.42. The molecule has 0 aromatic heterocycles. The number of aromatic hydroxyl groups is 1. The number of phenols is 1. The summed E-state index contributed by atoms with van der Waals surface area (Å²) in [6.45, 7) is 1.67. The van der Waals surface area contributed by atoms with Crippen molar-refractivity contribution in [2.24, 2.45) is 5.73 Å². The Labute approximate surface area is 116 Å². The fraction of sp³-hybridized carbons (Fsp3) is 0.417. The van der Waals surface area contributed by atoms with E-state index < -0.39 is 18.2 Å². The Hall–Kier alpha value is -1.53. The lowest BCUT2D eigenvalue weighted by molar-refractivity contribution is -0.149. The minimum Gasteiger partial charge on any atom is -0.504 e. The normalized spacial score (nSPS) is 13.1. The first kappa shape index (κ1) is 17.5. The lowest BCUT2D eigenvalue weighted by atomic mass is 10.0. The maximum Gasteiger partial charge on any atom is 0.342 e. The van der Waals surface area contributed by atoms with Crippen molar-refractivity contribution >= 4 is 18.4 Å². The van der Waals surface area contributed by atoms with Gasteiger partial charge in [0.2, 0.25) is 6.17 Å². The Balaban J connectivity index is 0.00000324. The summed E-state index contributed by atoms with van der Waals surface area (Å²) in [5.74, 6) is -0.920. The molecule has 0 heterocycles. The Morgan fingerprint density at radius 1 is 1.53 bits per heavy atom. The van der Waals surface area contributed by atoms with Crippen molar-refractivity contribution in [3.05, 3.63) is 23.8 Å². The summed E-state index contributed by atoms with van der Waals surface area (Å²) < 4.78 is 23.1. The highest BCUT2D eigenvalue weighted by Crippen LogP contribution is 2.29. The highest BCUT2D eigenvalue weighted by Gasteiger charge is 2.28. The molecule has 0 fully saturated rings. The van der Waals surface area contributed by atoms with E-state index in [9.17, 15) is 14.3 Å². The number of carbonyl (C=O) groups excluding carboxylic acids is 1. The highest BCUT2D eigenvalue weighted by molar-refractivity contribution is 5.85. The van der Waals surface area contributed by atoms with E-state index in [0.29, 0.717) is 5.56 Å². The zero-order valence-corrected chi connectivity index (χ0v) is 11.4. The summed E-state index contributed by atoms with van der Waals surface area (Å²) in [7, 11) is 1.36. The van der Waals surface area contributed by atoms with Crippen LogP contribution in [0.15, 0.2) is 18.2 Å². The second kappa shape index (κ2) is 7.81. The van der Waals surface area contributed by atoms with Crippen LogP contribution in [0.5, 0.6) is 11.5 Å². The number of phenolic OH excluding ortho intramolecular Hbond substituents is 1. The van der Waals surface area contributed by atoms with Gasteiger partial charge in [-0.05, 0) is 24.6 Å². The molecule has 5 nitrogen and oxygen atoms in total. The Kier molecular flexibility index (Phi) is 7.18. The van der Waals surface area contributed by atoms with Gasteiger partial charge in [-0.1, -0.05) is 6.07 Å². The van der Waals surface area contributed by atoms with Crippen LogP contribution in [-0.2, 0) is 9.53 Å². The zero-order chi connectivity index (χ0) is 13.7. The van der Waals surface area contributed by atoms with Crippen LogP contribution in [-0.4, -0.2) is 31.0 Å². The van der Waals surface area contributed by atoms with Crippen LogP contribution < -0.4 is 10.5 Å². The lowest BCUT2D eigenvalue weighted by Crippen LogP contribution is -2.31. The van der Waals surface area contributed by atoms with Gasteiger partial charge in [0.1, 0.15) is 0 Å². The van der Waals surface area contributed by atoms with E-state index in [1.165, 1.54) is 25.3 Å². The van der Waals surface area contributed by atoms with E-state index in [-0.39, 0.29) is 30.5 Å². The molecule has 2 atom stereocenters. The first-order valence-corrected chi connectivity index (χ1v) is 5.44. The Bertz CT molecular complexity index is 430. The van der Waals surface area contributed by atoms with Crippen LogP contribution in [0.25, 0.3) is 0 Å². The van der Waals surface area contributed by atoms with Crippen LogP contribution in [0.4, 0.5) is 4.39 Å². The largest absolute Gasteiger partial charge is 0.504 e. The van der Waals surface area contributed by atoms with Gasteiger partial charge in [-0.3, -0.25) is 0 Å². The Morgan fingerprint density at radius 2 is 2.16 bits per heavy atom. The topological polar surface area (TPSA) is 81.8 Å². The first-order valence-electron chi connectivity index (χ1n) is 5.44. The van der Waals surface area contributed by atoms with Gasteiger partial charge in [0.15, 0.2) is 11.5 Å². The van der Waals surface area contributed by atoms with Crippen molar-refractivity contribution < 1.29 is 23.8 Å². The average Bonchev–Trinajstić information content (AvgIpc) is 2.38. The number of hydrogen-bond acceptors (Lipinski definition) is 5. The molecule has 0 amide bonds. The van der Waals surface area contributed by atoms with Crippen LogP contribution in [0.1, 0.15) is 18.5 Å². The molecular weight excluding hydrogens is 277 g/mol. The number of carbonyl (C=O) groups is 1. The van der Waals surface area contributed by atoms with Crippen LogP contribution >= 0.6 is 12.4 Å². The smallest absolute Gasteiger partial charge is 0.342 e.